The number of nitrogens with zero attached hydrogens (tertiary/aromatic N) is 1. The van der Waals surface area contributed by atoms with Crippen molar-refractivity contribution in [2.75, 3.05) is 32.1 Å². The van der Waals surface area contributed by atoms with Gasteiger partial charge in [-0.2, -0.15) is 0 Å². The minimum absolute atomic E-state index is 0.181. The first-order valence-electron chi connectivity index (χ1n) is 6.28. The van der Waals surface area contributed by atoms with Gasteiger partial charge in [-0.05, 0) is 26.9 Å². The minimum Gasteiger partial charge on any atom is -0.351 e. The molecule has 0 rings (SSSR count). The summed E-state index contributed by atoms with van der Waals surface area (Å²) in [5, 5.41) is 3.11. The highest BCUT2D eigenvalue weighted by Crippen LogP contribution is 2.22. The van der Waals surface area contributed by atoms with Gasteiger partial charge in [0.1, 0.15) is 0 Å². The summed E-state index contributed by atoms with van der Waals surface area (Å²) in [6.45, 7) is 5.13. The Morgan fingerprint density at radius 3 is 2.47 bits per heavy atom. The number of likely N-dealkylation sites (N-methyl/N-ethyl adjacent to an activating group) is 1. The number of rotatable bonds is 10. The van der Waals surface area contributed by atoms with E-state index in [0.29, 0.717) is 6.42 Å². The molecule has 3 nitrogen and oxygen atoms in total. The maximum absolute atomic E-state index is 11.6. The van der Waals surface area contributed by atoms with Crippen LogP contribution < -0.4 is 5.32 Å². The zero-order valence-corrected chi connectivity index (χ0v) is 13.1. The molecule has 0 aliphatic carbocycles. The molecule has 1 atom stereocenters. The van der Waals surface area contributed by atoms with E-state index in [1.807, 2.05) is 42.6 Å². The van der Waals surface area contributed by atoms with Gasteiger partial charge in [-0.15, -0.1) is 0 Å². The average Bonchev–Trinajstić information content (AvgIpc) is 2.23. The molecule has 1 amide bonds. The van der Waals surface area contributed by atoms with E-state index in [1.54, 1.807) is 0 Å². The number of carbonyl (C=O) groups is 1. The van der Waals surface area contributed by atoms with E-state index in [-0.39, 0.29) is 11.9 Å². The van der Waals surface area contributed by atoms with Gasteiger partial charge in [-0.25, -0.2) is 0 Å². The summed E-state index contributed by atoms with van der Waals surface area (Å²) in [6, 6.07) is 0.262. The Labute approximate surface area is 114 Å². The molecule has 17 heavy (non-hydrogen) atoms. The van der Waals surface area contributed by atoms with Gasteiger partial charge in [0.25, 0.3) is 0 Å². The topological polar surface area (TPSA) is 32.3 Å². The molecule has 0 aliphatic heterocycles. The summed E-state index contributed by atoms with van der Waals surface area (Å²) in [4.78, 5) is 13.7. The highest BCUT2D eigenvalue weighted by Gasteiger charge is 2.12. The smallest absolute Gasteiger partial charge is 0.220 e. The molecule has 102 valence electrons. The maximum Gasteiger partial charge on any atom is 0.220 e. The Morgan fingerprint density at radius 2 is 1.94 bits per heavy atom. The Morgan fingerprint density at radius 1 is 1.24 bits per heavy atom. The van der Waals surface area contributed by atoms with Crippen LogP contribution in [-0.2, 0) is 4.79 Å². The molecule has 0 radical (unpaired) electrons. The Balaban J connectivity index is 3.91. The minimum atomic E-state index is 0.181. The van der Waals surface area contributed by atoms with Crippen LogP contribution in [0.2, 0.25) is 0 Å². The van der Waals surface area contributed by atoms with Gasteiger partial charge in [0, 0.05) is 24.5 Å². The van der Waals surface area contributed by atoms with Crippen molar-refractivity contribution in [1.29, 1.82) is 0 Å². The Bertz CT molecular complexity index is 201. The zero-order valence-electron chi connectivity index (χ0n) is 11.5. The molecule has 0 aliphatic rings. The molecular weight excluding hydrogens is 252 g/mol. The predicted molar refractivity (Wildman–Crippen MR) is 80.6 cm³/mol. The molecule has 0 saturated heterocycles. The Kier molecular flexibility index (Phi) is 11.3. The van der Waals surface area contributed by atoms with E-state index in [4.69, 9.17) is 0 Å². The lowest BCUT2D eigenvalue weighted by Gasteiger charge is -2.21. The molecule has 1 N–H and O–H groups in total. The predicted octanol–water partition coefficient (Wildman–Crippen LogP) is 2.62. The molecule has 0 bridgehead atoms. The summed E-state index contributed by atoms with van der Waals surface area (Å²) in [7, 11) is 7.85. The summed E-state index contributed by atoms with van der Waals surface area (Å²) in [6.07, 6.45) is 2.76. The molecule has 0 aromatic rings. The van der Waals surface area contributed by atoms with Crippen molar-refractivity contribution >= 4 is 27.5 Å². The van der Waals surface area contributed by atoms with Crippen LogP contribution in [0.5, 0.6) is 0 Å². The zero-order chi connectivity index (χ0) is 13.1. The van der Waals surface area contributed by atoms with E-state index in [0.717, 1.165) is 18.7 Å². The summed E-state index contributed by atoms with van der Waals surface area (Å²) < 4.78 is 0. The van der Waals surface area contributed by atoms with Crippen LogP contribution in [0, 0.1) is 0 Å². The van der Waals surface area contributed by atoms with Crippen molar-refractivity contribution in [2.45, 2.75) is 39.2 Å². The van der Waals surface area contributed by atoms with Crippen LogP contribution in [0.1, 0.15) is 33.1 Å². The highest BCUT2D eigenvalue weighted by molar-refractivity contribution is 8.76. The fraction of sp³-hybridized carbons (Fsp3) is 0.917. The molecule has 0 saturated carbocycles. The number of nitrogens with one attached hydrogen (secondary N) is 1. The lowest BCUT2D eigenvalue weighted by atomic mass is 10.2. The second kappa shape index (κ2) is 11.2. The van der Waals surface area contributed by atoms with Crippen LogP contribution in [0.3, 0.4) is 0 Å². The van der Waals surface area contributed by atoms with E-state index in [2.05, 4.69) is 17.1 Å². The standard InChI is InChI=1S/C12H26N2OS2/c1-5-7-12(15)13-11(9-14(3)4)10-17-16-8-6-2/h11H,5-10H2,1-4H3,(H,13,15). The fourth-order valence-electron chi connectivity index (χ4n) is 1.38. The first kappa shape index (κ1) is 17.1. The van der Waals surface area contributed by atoms with E-state index in [9.17, 15) is 4.79 Å². The highest BCUT2D eigenvalue weighted by atomic mass is 33.1. The SMILES string of the molecule is CCCSSCC(CN(C)C)NC(=O)CCC. The van der Waals surface area contributed by atoms with Crippen molar-refractivity contribution in [3.8, 4) is 0 Å². The first-order valence-corrected chi connectivity index (χ1v) is 8.77. The molecule has 0 aromatic heterocycles. The van der Waals surface area contributed by atoms with Crippen molar-refractivity contribution in [3.63, 3.8) is 0 Å². The van der Waals surface area contributed by atoms with E-state index < -0.39 is 0 Å². The maximum atomic E-state index is 11.6. The fourth-order valence-corrected chi connectivity index (χ4v) is 3.75. The van der Waals surface area contributed by atoms with Gasteiger partial charge in [-0.3, -0.25) is 4.79 Å². The molecule has 5 heteroatoms. The Hall–Kier alpha value is 0.130. The van der Waals surface area contributed by atoms with Gasteiger partial charge in [0.15, 0.2) is 0 Å². The van der Waals surface area contributed by atoms with Crippen LogP contribution in [0.25, 0.3) is 0 Å². The first-order chi connectivity index (χ1) is 8.10. The number of hydrogen-bond acceptors (Lipinski definition) is 4. The lowest BCUT2D eigenvalue weighted by Crippen LogP contribution is -2.43. The number of amides is 1. The van der Waals surface area contributed by atoms with Gasteiger partial charge in [0.2, 0.25) is 5.91 Å². The second-order valence-electron chi connectivity index (χ2n) is 4.38. The van der Waals surface area contributed by atoms with E-state index in [1.165, 1.54) is 12.2 Å². The van der Waals surface area contributed by atoms with Crippen LogP contribution in [-0.4, -0.2) is 49.0 Å². The third kappa shape index (κ3) is 11.0. The molecule has 0 fully saturated rings. The normalized spacial score (nSPS) is 12.8. The summed E-state index contributed by atoms with van der Waals surface area (Å²) in [5.41, 5.74) is 0. The van der Waals surface area contributed by atoms with Crippen molar-refractivity contribution in [1.82, 2.24) is 10.2 Å². The lowest BCUT2D eigenvalue weighted by molar-refractivity contribution is -0.121. The monoisotopic (exact) mass is 278 g/mol. The van der Waals surface area contributed by atoms with Crippen molar-refractivity contribution < 1.29 is 4.79 Å². The summed E-state index contributed by atoms with van der Waals surface area (Å²) >= 11 is 0. The van der Waals surface area contributed by atoms with Crippen LogP contribution in [0.15, 0.2) is 0 Å². The molecule has 0 spiro atoms. The molecular formula is C12H26N2OS2. The summed E-state index contributed by atoms with van der Waals surface area (Å²) in [5.74, 6) is 2.35. The van der Waals surface area contributed by atoms with Crippen molar-refractivity contribution in [2.24, 2.45) is 0 Å². The van der Waals surface area contributed by atoms with Gasteiger partial charge in [-0.1, -0.05) is 35.4 Å². The van der Waals surface area contributed by atoms with Gasteiger partial charge < -0.3 is 10.2 Å². The van der Waals surface area contributed by atoms with Crippen LogP contribution >= 0.6 is 21.6 Å². The van der Waals surface area contributed by atoms with E-state index >= 15 is 0 Å². The van der Waals surface area contributed by atoms with Crippen molar-refractivity contribution in [3.05, 3.63) is 0 Å². The quantitative estimate of drug-likeness (QED) is 0.492. The third-order valence-corrected chi connectivity index (χ3v) is 4.76. The number of hydrogen-bond donors (Lipinski definition) is 1. The molecule has 0 heterocycles. The molecule has 0 aromatic carbocycles. The second-order valence-corrected chi connectivity index (χ2v) is 7.01. The average molecular weight is 278 g/mol. The molecule has 1 unspecified atom stereocenters. The van der Waals surface area contributed by atoms with Gasteiger partial charge >= 0.3 is 0 Å². The third-order valence-electron chi connectivity index (χ3n) is 2.07. The van der Waals surface area contributed by atoms with Gasteiger partial charge in [0.05, 0.1) is 6.04 Å². The number of carbonyl (C=O) groups excluding carboxylic acids is 1. The largest absolute Gasteiger partial charge is 0.351 e. The van der Waals surface area contributed by atoms with Crippen LogP contribution in [0.4, 0.5) is 0 Å².